The highest BCUT2D eigenvalue weighted by atomic mass is 16.5. The zero-order valence-corrected chi connectivity index (χ0v) is 11.0. The van der Waals surface area contributed by atoms with E-state index in [4.69, 9.17) is 4.74 Å². The van der Waals surface area contributed by atoms with Crippen LogP contribution in [-0.4, -0.2) is 49.7 Å². The molecule has 94 valence electrons. The molecule has 1 aliphatic rings. The van der Waals surface area contributed by atoms with Gasteiger partial charge in [0.05, 0.1) is 0 Å². The number of hydrogen-bond donors (Lipinski definition) is 1. The first-order valence-corrected chi connectivity index (χ1v) is 5.94. The van der Waals surface area contributed by atoms with Gasteiger partial charge in [-0.05, 0) is 33.2 Å². The summed E-state index contributed by atoms with van der Waals surface area (Å²) >= 11 is 0. The van der Waals surface area contributed by atoms with Crippen LogP contribution in [0.4, 0.5) is 0 Å². The van der Waals surface area contributed by atoms with Crippen molar-refractivity contribution in [2.75, 3.05) is 27.2 Å². The molecule has 0 aromatic rings. The molecule has 0 aliphatic carbocycles. The monoisotopic (exact) mass is 228 g/mol. The molecule has 1 fully saturated rings. The van der Waals surface area contributed by atoms with Crippen molar-refractivity contribution in [2.24, 2.45) is 5.92 Å². The molecule has 16 heavy (non-hydrogen) atoms. The predicted molar refractivity (Wildman–Crippen MR) is 64.3 cm³/mol. The Hall–Kier alpha value is -0.610. The van der Waals surface area contributed by atoms with Crippen LogP contribution in [0.3, 0.4) is 0 Å². The van der Waals surface area contributed by atoms with Crippen molar-refractivity contribution in [1.82, 2.24) is 10.2 Å². The van der Waals surface area contributed by atoms with Crippen LogP contribution in [0.25, 0.3) is 0 Å². The summed E-state index contributed by atoms with van der Waals surface area (Å²) in [6, 6.07) is 0.523. The molecule has 1 heterocycles. The average molecular weight is 228 g/mol. The van der Waals surface area contributed by atoms with Crippen LogP contribution in [0.1, 0.15) is 27.2 Å². The minimum absolute atomic E-state index is 0.0939. The van der Waals surface area contributed by atoms with E-state index in [0.29, 0.717) is 12.0 Å². The van der Waals surface area contributed by atoms with Crippen molar-refractivity contribution in [3.8, 4) is 0 Å². The van der Waals surface area contributed by atoms with Crippen LogP contribution in [0.2, 0.25) is 0 Å². The van der Waals surface area contributed by atoms with Crippen molar-refractivity contribution < 1.29 is 9.53 Å². The van der Waals surface area contributed by atoms with E-state index in [1.807, 2.05) is 25.8 Å². The number of carbonyl (C=O) groups excluding carboxylic acids is 1. The zero-order valence-electron chi connectivity index (χ0n) is 11.0. The van der Waals surface area contributed by atoms with Gasteiger partial charge in [-0.15, -0.1) is 0 Å². The molecule has 1 amide bonds. The van der Waals surface area contributed by atoms with E-state index in [1.54, 1.807) is 7.11 Å². The summed E-state index contributed by atoms with van der Waals surface area (Å²) in [5, 5.41) is 3.30. The summed E-state index contributed by atoms with van der Waals surface area (Å²) in [5.41, 5.74) is -0.702. The third-order valence-electron chi connectivity index (χ3n) is 3.59. The first kappa shape index (κ1) is 13.5. The van der Waals surface area contributed by atoms with Gasteiger partial charge in [0, 0.05) is 26.2 Å². The zero-order chi connectivity index (χ0) is 12.3. The number of hydrogen-bond acceptors (Lipinski definition) is 3. The Balaban J connectivity index is 2.61. The van der Waals surface area contributed by atoms with Gasteiger partial charge in [-0.3, -0.25) is 4.79 Å². The maximum absolute atomic E-state index is 12.2. The highest BCUT2D eigenvalue weighted by molar-refractivity contribution is 5.84. The number of nitrogens with zero attached hydrogens (tertiary/aromatic N) is 1. The van der Waals surface area contributed by atoms with E-state index in [2.05, 4.69) is 12.2 Å². The van der Waals surface area contributed by atoms with Crippen molar-refractivity contribution in [1.29, 1.82) is 0 Å². The standard InChI is InChI=1S/C12H24N2O2/c1-9-8-14(7-6-10(9)13-4)11(15)12(2,3)16-5/h9-10,13H,6-8H2,1-5H3. The minimum Gasteiger partial charge on any atom is -0.369 e. The summed E-state index contributed by atoms with van der Waals surface area (Å²) in [6.07, 6.45) is 1.02. The molecule has 2 unspecified atom stereocenters. The molecule has 0 radical (unpaired) electrons. The number of ether oxygens (including phenoxy) is 1. The minimum atomic E-state index is -0.702. The summed E-state index contributed by atoms with van der Waals surface area (Å²) in [7, 11) is 3.57. The summed E-state index contributed by atoms with van der Waals surface area (Å²) in [6.45, 7) is 7.47. The fourth-order valence-electron chi connectivity index (χ4n) is 2.23. The predicted octanol–water partition coefficient (Wildman–Crippen LogP) is 0.868. The van der Waals surface area contributed by atoms with Gasteiger partial charge >= 0.3 is 0 Å². The molecule has 2 atom stereocenters. The van der Waals surface area contributed by atoms with Crippen LogP contribution < -0.4 is 5.32 Å². The molecule has 1 N–H and O–H groups in total. The molecular formula is C12H24N2O2. The third kappa shape index (κ3) is 2.74. The molecule has 0 aromatic carbocycles. The topological polar surface area (TPSA) is 41.6 Å². The van der Waals surface area contributed by atoms with Crippen LogP contribution in [-0.2, 0) is 9.53 Å². The Labute approximate surface area is 98.3 Å². The number of rotatable bonds is 3. The highest BCUT2D eigenvalue weighted by Crippen LogP contribution is 2.20. The van der Waals surface area contributed by atoms with Crippen LogP contribution in [0, 0.1) is 5.92 Å². The van der Waals surface area contributed by atoms with Crippen LogP contribution in [0.5, 0.6) is 0 Å². The third-order valence-corrected chi connectivity index (χ3v) is 3.59. The molecule has 0 spiro atoms. The first-order valence-electron chi connectivity index (χ1n) is 5.94. The number of nitrogens with one attached hydrogen (secondary N) is 1. The quantitative estimate of drug-likeness (QED) is 0.779. The van der Waals surface area contributed by atoms with E-state index >= 15 is 0 Å². The lowest BCUT2D eigenvalue weighted by Gasteiger charge is -2.39. The Morgan fingerprint density at radius 3 is 2.56 bits per heavy atom. The molecule has 0 bridgehead atoms. The van der Waals surface area contributed by atoms with Gasteiger partial charge in [-0.1, -0.05) is 6.92 Å². The average Bonchev–Trinajstić information content (AvgIpc) is 2.27. The van der Waals surface area contributed by atoms with Gasteiger partial charge in [0.2, 0.25) is 0 Å². The van der Waals surface area contributed by atoms with E-state index in [0.717, 1.165) is 19.5 Å². The van der Waals surface area contributed by atoms with Crippen molar-refractivity contribution in [2.45, 2.75) is 38.8 Å². The van der Waals surface area contributed by atoms with Gasteiger partial charge in [-0.2, -0.15) is 0 Å². The Kier molecular flexibility index (Phi) is 4.33. The molecule has 0 aromatic heterocycles. The lowest BCUT2D eigenvalue weighted by molar-refractivity contribution is -0.153. The first-order chi connectivity index (χ1) is 7.42. The lowest BCUT2D eigenvalue weighted by atomic mass is 9.93. The number of piperidine rings is 1. The Morgan fingerprint density at radius 2 is 2.12 bits per heavy atom. The van der Waals surface area contributed by atoms with Crippen molar-refractivity contribution in [3.63, 3.8) is 0 Å². The van der Waals surface area contributed by atoms with Crippen molar-refractivity contribution >= 4 is 5.91 Å². The number of carbonyl (C=O) groups is 1. The van der Waals surface area contributed by atoms with Gasteiger partial charge in [-0.25, -0.2) is 0 Å². The lowest BCUT2D eigenvalue weighted by Crippen LogP contribution is -2.54. The highest BCUT2D eigenvalue weighted by Gasteiger charge is 2.35. The van der Waals surface area contributed by atoms with Gasteiger partial charge in [0.25, 0.3) is 5.91 Å². The molecular weight excluding hydrogens is 204 g/mol. The fourth-order valence-corrected chi connectivity index (χ4v) is 2.23. The number of likely N-dealkylation sites (tertiary alicyclic amines) is 1. The normalized spacial score (nSPS) is 26.9. The van der Waals surface area contributed by atoms with Crippen molar-refractivity contribution in [3.05, 3.63) is 0 Å². The molecule has 0 saturated carbocycles. The van der Waals surface area contributed by atoms with E-state index in [1.165, 1.54) is 0 Å². The maximum atomic E-state index is 12.2. The van der Waals surface area contributed by atoms with Crippen LogP contribution in [0.15, 0.2) is 0 Å². The smallest absolute Gasteiger partial charge is 0.254 e. The number of methoxy groups -OCH3 is 1. The van der Waals surface area contributed by atoms with Gasteiger partial charge < -0.3 is 15.0 Å². The largest absolute Gasteiger partial charge is 0.369 e. The van der Waals surface area contributed by atoms with Gasteiger partial charge in [0.1, 0.15) is 5.60 Å². The van der Waals surface area contributed by atoms with E-state index in [-0.39, 0.29) is 5.91 Å². The molecule has 4 heteroatoms. The van der Waals surface area contributed by atoms with E-state index in [9.17, 15) is 4.79 Å². The van der Waals surface area contributed by atoms with Crippen LogP contribution >= 0.6 is 0 Å². The summed E-state index contributed by atoms with van der Waals surface area (Å²) in [4.78, 5) is 14.1. The maximum Gasteiger partial charge on any atom is 0.254 e. The molecule has 1 rings (SSSR count). The SMILES string of the molecule is CNC1CCN(C(=O)C(C)(C)OC)CC1C. The molecule has 1 aliphatic heterocycles. The fraction of sp³-hybridized carbons (Fsp3) is 0.917. The second-order valence-corrected chi connectivity index (χ2v) is 5.13. The second-order valence-electron chi connectivity index (χ2n) is 5.13. The summed E-state index contributed by atoms with van der Waals surface area (Å²) in [5.74, 6) is 0.590. The van der Waals surface area contributed by atoms with Gasteiger partial charge in [0.15, 0.2) is 0 Å². The Morgan fingerprint density at radius 1 is 1.50 bits per heavy atom. The second kappa shape index (κ2) is 5.15. The van der Waals surface area contributed by atoms with E-state index < -0.39 is 5.60 Å². The Bertz CT molecular complexity index is 253. The number of amides is 1. The molecule has 4 nitrogen and oxygen atoms in total. The summed E-state index contributed by atoms with van der Waals surface area (Å²) < 4.78 is 5.23. The molecule has 1 saturated heterocycles.